The monoisotopic (exact) mass is 352 g/mol. The van der Waals surface area contributed by atoms with Gasteiger partial charge < -0.3 is 14.5 Å². The lowest BCUT2D eigenvalue weighted by Gasteiger charge is -2.35. The number of rotatable bonds is 5. The molecule has 136 valence electrons. The third kappa shape index (κ3) is 3.49. The lowest BCUT2D eigenvalue weighted by atomic mass is 10.1. The van der Waals surface area contributed by atoms with Crippen molar-refractivity contribution in [2.75, 3.05) is 37.7 Å². The summed E-state index contributed by atoms with van der Waals surface area (Å²) in [5.41, 5.74) is 0.640. The highest BCUT2D eigenvalue weighted by atomic mass is 16.5. The first-order valence-electron chi connectivity index (χ1n) is 9.35. The Morgan fingerprint density at radius 1 is 1.15 bits per heavy atom. The molecule has 6 nitrogen and oxygen atoms in total. The van der Waals surface area contributed by atoms with Crippen molar-refractivity contribution in [3.63, 3.8) is 0 Å². The summed E-state index contributed by atoms with van der Waals surface area (Å²) in [6, 6.07) is 9.44. The number of para-hydroxylation sites is 1. The van der Waals surface area contributed by atoms with E-state index < -0.39 is 0 Å². The zero-order valence-corrected chi connectivity index (χ0v) is 15.1. The number of hydrogen-bond donors (Lipinski definition) is 0. The molecule has 0 bridgehead atoms. The van der Waals surface area contributed by atoms with E-state index >= 15 is 0 Å². The molecule has 2 fully saturated rings. The molecule has 1 amide bonds. The molecule has 1 saturated carbocycles. The number of anilines is 1. The third-order valence-corrected chi connectivity index (χ3v) is 4.91. The van der Waals surface area contributed by atoms with E-state index in [1.54, 1.807) is 0 Å². The number of hydrogen-bond acceptors (Lipinski definition) is 5. The second kappa shape index (κ2) is 7.32. The van der Waals surface area contributed by atoms with E-state index in [0.717, 1.165) is 24.7 Å². The van der Waals surface area contributed by atoms with Crippen molar-refractivity contribution in [2.24, 2.45) is 0 Å². The van der Waals surface area contributed by atoms with E-state index in [2.05, 4.69) is 9.88 Å². The number of amides is 1. The van der Waals surface area contributed by atoms with Crippen LogP contribution in [0, 0.1) is 0 Å². The second-order valence-corrected chi connectivity index (χ2v) is 6.76. The highest BCUT2D eigenvalue weighted by Crippen LogP contribution is 2.38. The first kappa shape index (κ1) is 16.8. The summed E-state index contributed by atoms with van der Waals surface area (Å²) in [6.45, 7) is 5.41. The molecule has 1 aromatic heterocycles. The molecule has 1 aromatic carbocycles. The number of nitrogens with zero attached hydrogens (tertiary/aromatic N) is 4. The molecule has 0 spiro atoms. The van der Waals surface area contributed by atoms with Crippen LogP contribution in [-0.2, 0) is 0 Å². The molecule has 0 unspecified atom stereocenters. The van der Waals surface area contributed by atoms with E-state index in [1.165, 1.54) is 12.8 Å². The number of carbonyl (C=O) groups excluding carboxylic acids is 1. The van der Waals surface area contributed by atoms with Gasteiger partial charge in [0, 0.05) is 38.3 Å². The molecule has 1 aliphatic carbocycles. The lowest BCUT2D eigenvalue weighted by Crippen LogP contribution is -2.49. The number of piperazine rings is 1. The second-order valence-electron chi connectivity index (χ2n) is 6.76. The van der Waals surface area contributed by atoms with Crippen LogP contribution in [0.15, 0.2) is 36.5 Å². The van der Waals surface area contributed by atoms with Gasteiger partial charge in [0.2, 0.25) is 0 Å². The van der Waals surface area contributed by atoms with Crippen molar-refractivity contribution in [2.45, 2.75) is 25.7 Å². The zero-order chi connectivity index (χ0) is 17.9. The van der Waals surface area contributed by atoms with Gasteiger partial charge in [-0.2, -0.15) is 0 Å². The topological polar surface area (TPSA) is 58.6 Å². The number of benzene rings is 1. The van der Waals surface area contributed by atoms with E-state index in [1.807, 2.05) is 48.4 Å². The van der Waals surface area contributed by atoms with Gasteiger partial charge in [-0.25, -0.2) is 9.97 Å². The van der Waals surface area contributed by atoms with Gasteiger partial charge in [0.25, 0.3) is 5.91 Å². The number of aromatic nitrogens is 2. The minimum absolute atomic E-state index is 0.0371. The smallest absolute Gasteiger partial charge is 0.257 e. The Morgan fingerprint density at radius 2 is 1.92 bits per heavy atom. The third-order valence-electron chi connectivity index (χ3n) is 4.91. The van der Waals surface area contributed by atoms with Crippen molar-refractivity contribution in [3.05, 3.63) is 47.9 Å². The molecule has 6 heteroatoms. The highest BCUT2D eigenvalue weighted by Gasteiger charge is 2.28. The molecule has 0 N–H and O–H groups in total. The predicted octanol–water partition coefficient (Wildman–Crippen LogP) is 2.72. The molecule has 4 rings (SSSR count). The average molecular weight is 352 g/mol. The van der Waals surface area contributed by atoms with Crippen LogP contribution < -0.4 is 9.64 Å². The van der Waals surface area contributed by atoms with E-state index in [9.17, 15) is 4.79 Å². The fourth-order valence-electron chi connectivity index (χ4n) is 3.31. The zero-order valence-electron chi connectivity index (χ0n) is 15.1. The van der Waals surface area contributed by atoms with Crippen molar-refractivity contribution in [1.82, 2.24) is 14.9 Å². The Hall–Kier alpha value is -2.63. The fourth-order valence-corrected chi connectivity index (χ4v) is 3.31. The Kier molecular flexibility index (Phi) is 4.73. The normalized spacial score (nSPS) is 17.3. The van der Waals surface area contributed by atoms with E-state index in [0.29, 0.717) is 36.9 Å². The van der Waals surface area contributed by atoms with Gasteiger partial charge in [0.1, 0.15) is 17.4 Å². The van der Waals surface area contributed by atoms with Gasteiger partial charge >= 0.3 is 0 Å². The van der Waals surface area contributed by atoms with Gasteiger partial charge in [0.15, 0.2) is 0 Å². The Balaban J connectivity index is 1.42. The van der Waals surface area contributed by atoms with Gasteiger partial charge in [0.05, 0.1) is 12.2 Å². The van der Waals surface area contributed by atoms with Crippen molar-refractivity contribution in [1.29, 1.82) is 0 Å². The van der Waals surface area contributed by atoms with Crippen LogP contribution in [0.5, 0.6) is 5.75 Å². The highest BCUT2D eigenvalue weighted by molar-refractivity contribution is 5.97. The van der Waals surface area contributed by atoms with Crippen LogP contribution in [0.3, 0.4) is 0 Å². The summed E-state index contributed by atoms with van der Waals surface area (Å²) in [5.74, 6) is 3.19. The minimum Gasteiger partial charge on any atom is -0.493 e. The van der Waals surface area contributed by atoms with Crippen LogP contribution in [0.25, 0.3) is 0 Å². The summed E-state index contributed by atoms with van der Waals surface area (Å²) in [6.07, 6.45) is 4.25. The average Bonchev–Trinajstić information content (AvgIpc) is 3.54. The Morgan fingerprint density at radius 3 is 2.65 bits per heavy atom. The standard InChI is InChI=1S/C20H24N4O2/c1-2-26-17-6-4-3-5-16(17)20(25)24-13-11-23(12-14-24)18-9-10-21-19(22-18)15-7-8-15/h3-6,9-10,15H,2,7-8,11-14H2,1H3. The van der Waals surface area contributed by atoms with Crippen molar-refractivity contribution in [3.8, 4) is 5.75 Å². The molecule has 2 aliphatic rings. The van der Waals surface area contributed by atoms with Crippen LogP contribution >= 0.6 is 0 Å². The SMILES string of the molecule is CCOc1ccccc1C(=O)N1CCN(c2ccnc(C3CC3)n2)CC1. The molecule has 2 aromatic rings. The maximum Gasteiger partial charge on any atom is 0.257 e. The number of ether oxygens (including phenoxy) is 1. The van der Waals surface area contributed by atoms with Crippen LogP contribution in [0.2, 0.25) is 0 Å². The summed E-state index contributed by atoms with van der Waals surface area (Å²) >= 11 is 0. The summed E-state index contributed by atoms with van der Waals surface area (Å²) in [7, 11) is 0. The van der Waals surface area contributed by atoms with E-state index in [4.69, 9.17) is 9.72 Å². The molecule has 2 heterocycles. The molecule has 1 aliphatic heterocycles. The Bertz CT molecular complexity index is 783. The van der Waals surface area contributed by atoms with Gasteiger partial charge in [-0.05, 0) is 38.0 Å². The summed E-state index contributed by atoms with van der Waals surface area (Å²) in [5, 5.41) is 0. The van der Waals surface area contributed by atoms with Gasteiger partial charge in [-0.1, -0.05) is 12.1 Å². The predicted molar refractivity (Wildman–Crippen MR) is 99.7 cm³/mol. The largest absolute Gasteiger partial charge is 0.493 e. The maximum absolute atomic E-state index is 12.9. The van der Waals surface area contributed by atoms with Gasteiger partial charge in [-0.3, -0.25) is 4.79 Å². The van der Waals surface area contributed by atoms with Crippen molar-refractivity contribution >= 4 is 11.7 Å². The molecule has 26 heavy (non-hydrogen) atoms. The lowest BCUT2D eigenvalue weighted by molar-refractivity contribution is 0.0742. The summed E-state index contributed by atoms with van der Waals surface area (Å²) in [4.78, 5) is 26.1. The van der Waals surface area contributed by atoms with Crippen LogP contribution in [0.1, 0.15) is 41.9 Å². The van der Waals surface area contributed by atoms with Crippen LogP contribution in [0.4, 0.5) is 5.82 Å². The minimum atomic E-state index is 0.0371. The summed E-state index contributed by atoms with van der Waals surface area (Å²) < 4.78 is 5.61. The molecule has 0 atom stereocenters. The molecular weight excluding hydrogens is 328 g/mol. The Labute approximate surface area is 153 Å². The van der Waals surface area contributed by atoms with Crippen LogP contribution in [-0.4, -0.2) is 53.6 Å². The van der Waals surface area contributed by atoms with E-state index in [-0.39, 0.29) is 5.91 Å². The first-order valence-corrected chi connectivity index (χ1v) is 9.35. The van der Waals surface area contributed by atoms with Gasteiger partial charge in [-0.15, -0.1) is 0 Å². The molecule has 1 saturated heterocycles. The molecule has 0 radical (unpaired) electrons. The fraction of sp³-hybridized carbons (Fsp3) is 0.450. The number of carbonyl (C=O) groups is 1. The molecular formula is C20H24N4O2. The maximum atomic E-state index is 12.9. The van der Waals surface area contributed by atoms with Crippen molar-refractivity contribution < 1.29 is 9.53 Å². The first-order chi connectivity index (χ1) is 12.8. The quantitative estimate of drug-likeness (QED) is 0.828.